The van der Waals surface area contributed by atoms with Gasteiger partial charge in [-0.15, -0.1) is 0 Å². The maximum absolute atomic E-state index is 10.6. The second-order valence-corrected chi connectivity index (χ2v) is 3.08. The number of benzene rings is 1. The Labute approximate surface area is 88.9 Å². The summed E-state index contributed by atoms with van der Waals surface area (Å²) in [5, 5.41) is 28.1. The molecule has 6 nitrogen and oxygen atoms in total. The van der Waals surface area contributed by atoms with E-state index in [-0.39, 0.29) is 10.6 Å². The van der Waals surface area contributed by atoms with Gasteiger partial charge in [0.2, 0.25) is 0 Å². The number of para-hydroxylation sites is 1. The molecule has 80 valence electrons. The minimum absolute atomic E-state index is 0.210. The maximum Gasteiger partial charge on any atom is 0.337 e. The van der Waals surface area contributed by atoms with Crippen molar-refractivity contribution in [1.82, 2.24) is 0 Å². The molecule has 0 spiro atoms. The predicted octanol–water partition coefficient (Wildman–Crippen LogP) is 1.37. The van der Waals surface area contributed by atoms with Crippen LogP contribution in [0.25, 0.3) is 0 Å². The number of rotatable bonds is 3. The highest BCUT2D eigenvalue weighted by Crippen LogP contribution is 2.32. The van der Waals surface area contributed by atoms with Crippen molar-refractivity contribution >= 4 is 23.3 Å². The highest BCUT2D eigenvalue weighted by Gasteiger charge is 2.27. The van der Waals surface area contributed by atoms with Crippen molar-refractivity contribution in [2.75, 3.05) is 0 Å². The van der Waals surface area contributed by atoms with Crippen LogP contribution in [0.5, 0.6) is 0 Å². The fraction of sp³-hybridized carbons (Fsp3) is 0.125. The van der Waals surface area contributed by atoms with Crippen molar-refractivity contribution in [3.05, 3.63) is 38.9 Å². The van der Waals surface area contributed by atoms with Gasteiger partial charge in [-0.2, -0.15) is 0 Å². The second kappa shape index (κ2) is 4.24. The monoisotopic (exact) mass is 231 g/mol. The van der Waals surface area contributed by atoms with Crippen molar-refractivity contribution in [2.24, 2.45) is 0 Å². The second-order valence-electron chi connectivity index (χ2n) is 2.68. The highest BCUT2D eigenvalue weighted by molar-refractivity contribution is 6.32. The van der Waals surface area contributed by atoms with Gasteiger partial charge in [-0.1, -0.05) is 17.7 Å². The number of aliphatic hydroxyl groups excluding tert-OH is 1. The zero-order valence-corrected chi connectivity index (χ0v) is 8.01. The average molecular weight is 232 g/mol. The Balaban J connectivity index is 3.35. The Hall–Kier alpha value is -1.66. The van der Waals surface area contributed by atoms with Crippen LogP contribution >= 0.6 is 11.6 Å². The van der Waals surface area contributed by atoms with E-state index in [9.17, 15) is 20.0 Å². The third kappa shape index (κ3) is 2.23. The van der Waals surface area contributed by atoms with Gasteiger partial charge in [-0.3, -0.25) is 10.1 Å². The first-order valence-electron chi connectivity index (χ1n) is 3.79. The fourth-order valence-corrected chi connectivity index (χ4v) is 1.33. The van der Waals surface area contributed by atoms with Crippen LogP contribution < -0.4 is 0 Å². The molecule has 0 aliphatic rings. The molecule has 15 heavy (non-hydrogen) atoms. The summed E-state index contributed by atoms with van der Waals surface area (Å²) in [5.41, 5.74) is -0.922. The number of halogens is 1. The molecule has 1 rings (SSSR count). The van der Waals surface area contributed by atoms with Crippen molar-refractivity contribution in [3.8, 4) is 0 Å². The van der Waals surface area contributed by atoms with E-state index < -0.39 is 22.7 Å². The number of aliphatic carboxylic acids is 1. The molecule has 0 aromatic heterocycles. The molecule has 1 unspecified atom stereocenters. The van der Waals surface area contributed by atoms with Crippen LogP contribution in [0.15, 0.2) is 18.2 Å². The number of carbonyl (C=O) groups is 1. The normalized spacial score (nSPS) is 12.1. The van der Waals surface area contributed by atoms with E-state index in [1.165, 1.54) is 12.1 Å². The van der Waals surface area contributed by atoms with Crippen LogP contribution in [-0.4, -0.2) is 21.1 Å². The van der Waals surface area contributed by atoms with Gasteiger partial charge in [-0.25, -0.2) is 4.79 Å². The number of hydrogen-bond donors (Lipinski definition) is 2. The molecule has 0 aliphatic carbocycles. The first kappa shape index (κ1) is 11.4. The van der Waals surface area contributed by atoms with Gasteiger partial charge in [0.1, 0.15) is 5.02 Å². The SMILES string of the molecule is O=C(O)C(O)c1cccc(Cl)c1[N+](=O)[O-]. The Morgan fingerprint density at radius 1 is 1.53 bits per heavy atom. The van der Waals surface area contributed by atoms with E-state index in [2.05, 4.69) is 0 Å². The summed E-state index contributed by atoms with van der Waals surface area (Å²) in [6.45, 7) is 0. The van der Waals surface area contributed by atoms with E-state index in [0.29, 0.717) is 0 Å². The molecule has 0 amide bonds. The third-order valence-corrected chi connectivity index (χ3v) is 2.03. The van der Waals surface area contributed by atoms with E-state index in [1.807, 2.05) is 0 Å². The summed E-state index contributed by atoms with van der Waals surface area (Å²) in [6, 6.07) is 3.72. The summed E-state index contributed by atoms with van der Waals surface area (Å²) < 4.78 is 0. The zero-order valence-electron chi connectivity index (χ0n) is 7.25. The van der Waals surface area contributed by atoms with Crippen LogP contribution in [-0.2, 0) is 4.79 Å². The van der Waals surface area contributed by atoms with Crippen LogP contribution in [0, 0.1) is 10.1 Å². The van der Waals surface area contributed by atoms with Gasteiger partial charge >= 0.3 is 5.97 Å². The molecule has 1 atom stereocenters. The smallest absolute Gasteiger partial charge is 0.337 e. The molecule has 2 N–H and O–H groups in total. The maximum atomic E-state index is 10.6. The van der Waals surface area contributed by atoms with E-state index in [4.69, 9.17) is 16.7 Å². The Morgan fingerprint density at radius 2 is 2.13 bits per heavy atom. The first-order chi connectivity index (χ1) is 6.95. The molecule has 7 heteroatoms. The van der Waals surface area contributed by atoms with Gasteiger partial charge in [0, 0.05) is 0 Å². The molecule has 0 radical (unpaired) electrons. The molecule has 0 fully saturated rings. The van der Waals surface area contributed by atoms with Gasteiger partial charge in [-0.05, 0) is 12.1 Å². The van der Waals surface area contributed by atoms with Crippen LogP contribution in [0.1, 0.15) is 11.7 Å². The third-order valence-electron chi connectivity index (χ3n) is 1.73. The molecule has 0 saturated carbocycles. The molecule has 0 saturated heterocycles. The standard InChI is InChI=1S/C8H6ClNO5/c9-5-3-1-2-4(6(5)10(14)15)7(11)8(12)13/h1-3,7,11H,(H,12,13). The number of nitro benzene ring substituents is 1. The van der Waals surface area contributed by atoms with Gasteiger partial charge in [0.25, 0.3) is 5.69 Å². The molecule has 0 aliphatic heterocycles. The van der Waals surface area contributed by atoms with Gasteiger partial charge in [0.15, 0.2) is 6.10 Å². The van der Waals surface area contributed by atoms with E-state index in [1.54, 1.807) is 0 Å². The quantitative estimate of drug-likeness (QED) is 0.604. The topological polar surface area (TPSA) is 101 Å². The fourth-order valence-electron chi connectivity index (χ4n) is 1.08. The summed E-state index contributed by atoms with van der Waals surface area (Å²) in [7, 11) is 0. The zero-order chi connectivity index (χ0) is 11.6. The van der Waals surface area contributed by atoms with E-state index >= 15 is 0 Å². The number of carboxylic acid groups (broad SMARTS) is 1. The van der Waals surface area contributed by atoms with Crippen molar-refractivity contribution < 1.29 is 19.9 Å². The minimum atomic E-state index is -1.95. The Kier molecular flexibility index (Phi) is 3.23. The van der Waals surface area contributed by atoms with Crippen LogP contribution in [0.3, 0.4) is 0 Å². The Bertz CT molecular complexity index is 419. The van der Waals surface area contributed by atoms with Crippen LogP contribution in [0.2, 0.25) is 5.02 Å². The van der Waals surface area contributed by atoms with Crippen molar-refractivity contribution in [1.29, 1.82) is 0 Å². The van der Waals surface area contributed by atoms with Crippen molar-refractivity contribution in [2.45, 2.75) is 6.10 Å². The lowest BCUT2D eigenvalue weighted by molar-refractivity contribution is -0.385. The average Bonchev–Trinajstić information content (AvgIpc) is 2.15. The summed E-state index contributed by atoms with van der Waals surface area (Å²) in [5.74, 6) is -1.57. The van der Waals surface area contributed by atoms with Crippen LogP contribution in [0.4, 0.5) is 5.69 Å². The molecular formula is C8H6ClNO5. The predicted molar refractivity (Wildman–Crippen MR) is 50.7 cm³/mol. The lowest BCUT2D eigenvalue weighted by Gasteiger charge is -2.06. The molecule has 0 bridgehead atoms. The van der Waals surface area contributed by atoms with Gasteiger partial charge < -0.3 is 10.2 Å². The van der Waals surface area contributed by atoms with Gasteiger partial charge in [0.05, 0.1) is 10.5 Å². The molecule has 1 aromatic rings. The lowest BCUT2D eigenvalue weighted by atomic mass is 10.1. The summed E-state index contributed by atoms with van der Waals surface area (Å²) in [6.07, 6.45) is -1.95. The molecule has 0 heterocycles. The molecule has 1 aromatic carbocycles. The number of nitro groups is 1. The first-order valence-corrected chi connectivity index (χ1v) is 4.16. The minimum Gasteiger partial charge on any atom is -0.479 e. The molecular weight excluding hydrogens is 226 g/mol. The lowest BCUT2D eigenvalue weighted by Crippen LogP contribution is -2.12. The summed E-state index contributed by atoms with van der Waals surface area (Å²) in [4.78, 5) is 20.2. The number of aliphatic hydroxyl groups is 1. The Morgan fingerprint density at radius 3 is 2.60 bits per heavy atom. The van der Waals surface area contributed by atoms with E-state index in [0.717, 1.165) is 6.07 Å². The van der Waals surface area contributed by atoms with Crippen molar-refractivity contribution in [3.63, 3.8) is 0 Å². The number of nitrogens with zero attached hydrogens (tertiary/aromatic N) is 1. The summed E-state index contributed by atoms with van der Waals surface area (Å²) >= 11 is 5.53. The highest BCUT2D eigenvalue weighted by atomic mass is 35.5. The largest absolute Gasteiger partial charge is 0.479 e. The number of hydrogen-bond acceptors (Lipinski definition) is 4. The number of carboxylic acids is 1.